The molecule has 0 aliphatic carbocycles. The van der Waals surface area contributed by atoms with Crippen LogP contribution in [0.1, 0.15) is 25.3 Å². The highest BCUT2D eigenvalue weighted by Crippen LogP contribution is 2.19. The Labute approximate surface area is 94.7 Å². The first-order valence-corrected chi connectivity index (χ1v) is 6.14. The third kappa shape index (κ3) is 4.88. The summed E-state index contributed by atoms with van der Waals surface area (Å²) >= 11 is 1.83. The van der Waals surface area contributed by atoms with Crippen molar-refractivity contribution in [3.05, 3.63) is 29.8 Å². The maximum atomic E-state index is 10.5. The fourth-order valence-electron chi connectivity index (χ4n) is 1.21. The van der Waals surface area contributed by atoms with Gasteiger partial charge in [0.25, 0.3) is 0 Å². The molecule has 0 heterocycles. The molecule has 0 aliphatic rings. The summed E-state index contributed by atoms with van der Waals surface area (Å²) in [7, 11) is 0. The predicted molar refractivity (Wildman–Crippen MR) is 63.4 cm³/mol. The molecule has 0 aliphatic heterocycles. The largest absolute Gasteiger partial charge is 0.481 e. The zero-order chi connectivity index (χ0) is 11.1. The minimum absolute atomic E-state index is 0.111. The van der Waals surface area contributed by atoms with Crippen molar-refractivity contribution in [2.45, 2.75) is 31.1 Å². The number of carboxylic acid groups (broad SMARTS) is 1. The van der Waals surface area contributed by atoms with E-state index in [1.165, 1.54) is 17.7 Å². The van der Waals surface area contributed by atoms with E-state index in [9.17, 15) is 4.79 Å². The van der Waals surface area contributed by atoms with Crippen molar-refractivity contribution in [2.75, 3.05) is 5.75 Å². The van der Waals surface area contributed by atoms with E-state index in [2.05, 4.69) is 6.92 Å². The summed E-state index contributed by atoms with van der Waals surface area (Å²) in [6.07, 6.45) is 2.55. The molecule has 0 spiro atoms. The van der Waals surface area contributed by atoms with E-state index in [0.29, 0.717) is 0 Å². The minimum atomic E-state index is -0.776. The second-order valence-corrected chi connectivity index (χ2v) is 4.58. The van der Waals surface area contributed by atoms with Gasteiger partial charge in [0.05, 0.1) is 6.42 Å². The van der Waals surface area contributed by atoms with Crippen LogP contribution in [0.3, 0.4) is 0 Å². The maximum absolute atomic E-state index is 10.5. The average molecular weight is 224 g/mol. The normalized spacial score (nSPS) is 10.2. The second kappa shape index (κ2) is 6.51. The summed E-state index contributed by atoms with van der Waals surface area (Å²) in [5.41, 5.74) is 0.863. The van der Waals surface area contributed by atoms with Crippen molar-refractivity contribution in [2.24, 2.45) is 0 Å². The van der Waals surface area contributed by atoms with Gasteiger partial charge in [-0.1, -0.05) is 25.5 Å². The Hall–Kier alpha value is -0.960. The van der Waals surface area contributed by atoms with Crippen LogP contribution >= 0.6 is 11.8 Å². The smallest absolute Gasteiger partial charge is 0.307 e. The molecule has 15 heavy (non-hydrogen) atoms. The molecule has 2 nitrogen and oxygen atoms in total. The van der Waals surface area contributed by atoms with Crippen molar-refractivity contribution in [1.29, 1.82) is 0 Å². The minimum Gasteiger partial charge on any atom is -0.481 e. The van der Waals surface area contributed by atoms with Crippen LogP contribution in [0, 0.1) is 0 Å². The fraction of sp³-hybridized carbons (Fsp3) is 0.417. The lowest BCUT2D eigenvalue weighted by Gasteiger charge is -2.01. The van der Waals surface area contributed by atoms with E-state index < -0.39 is 5.97 Å². The van der Waals surface area contributed by atoms with E-state index in [0.717, 1.165) is 11.3 Å². The molecule has 0 saturated carbocycles. The first-order chi connectivity index (χ1) is 7.22. The second-order valence-electron chi connectivity index (χ2n) is 3.42. The number of rotatable bonds is 6. The summed E-state index contributed by atoms with van der Waals surface area (Å²) in [5.74, 6) is 0.357. The van der Waals surface area contributed by atoms with Gasteiger partial charge in [0.2, 0.25) is 0 Å². The Balaban J connectivity index is 2.45. The molecule has 0 unspecified atom stereocenters. The average Bonchev–Trinajstić information content (AvgIpc) is 2.20. The Morgan fingerprint density at radius 3 is 2.53 bits per heavy atom. The summed E-state index contributed by atoms with van der Waals surface area (Å²) in [6.45, 7) is 2.18. The van der Waals surface area contributed by atoms with Gasteiger partial charge in [0.15, 0.2) is 0 Å². The Bertz CT molecular complexity index is 306. The highest BCUT2D eigenvalue weighted by atomic mass is 32.2. The van der Waals surface area contributed by atoms with Crippen molar-refractivity contribution in [3.8, 4) is 0 Å². The summed E-state index contributed by atoms with van der Waals surface area (Å²) in [4.78, 5) is 11.7. The van der Waals surface area contributed by atoms with Gasteiger partial charge in [-0.15, -0.1) is 11.8 Å². The lowest BCUT2D eigenvalue weighted by molar-refractivity contribution is -0.136. The van der Waals surface area contributed by atoms with Crippen LogP contribution in [0.2, 0.25) is 0 Å². The van der Waals surface area contributed by atoms with Crippen LogP contribution in [-0.2, 0) is 11.2 Å². The molecular weight excluding hydrogens is 208 g/mol. The Kier molecular flexibility index (Phi) is 5.26. The van der Waals surface area contributed by atoms with Crippen LogP contribution in [0.4, 0.5) is 0 Å². The van der Waals surface area contributed by atoms with Crippen molar-refractivity contribution < 1.29 is 9.90 Å². The van der Waals surface area contributed by atoms with Crippen molar-refractivity contribution >= 4 is 17.7 Å². The number of aliphatic carboxylic acids is 1. The zero-order valence-electron chi connectivity index (χ0n) is 8.90. The van der Waals surface area contributed by atoms with Gasteiger partial charge < -0.3 is 5.11 Å². The van der Waals surface area contributed by atoms with Crippen molar-refractivity contribution in [3.63, 3.8) is 0 Å². The fourth-order valence-corrected chi connectivity index (χ4v) is 2.21. The lowest BCUT2D eigenvalue weighted by atomic mass is 10.2. The van der Waals surface area contributed by atoms with Crippen LogP contribution in [0.15, 0.2) is 29.2 Å². The first-order valence-electron chi connectivity index (χ1n) is 5.16. The number of hydrogen-bond acceptors (Lipinski definition) is 2. The SMILES string of the molecule is CCCCSc1ccc(CC(=O)O)cc1. The van der Waals surface area contributed by atoms with E-state index >= 15 is 0 Å². The monoisotopic (exact) mass is 224 g/mol. The van der Waals surface area contributed by atoms with Gasteiger partial charge in [0, 0.05) is 4.90 Å². The first kappa shape index (κ1) is 12.1. The molecule has 3 heteroatoms. The molecule has 0 bridgehead atoms. The van der Waals surface area contributed by atoms with Gasteiger partial charge in [-0.2, -0.15) is 0 Å². The molecule has 1 aromatic carbocycles. The molecule has 0 aromatic heterocycles. The number of unbranched alkanes of at least 4 members (excludes halogenated alkanes) is 1. The summed E-state index contributed by atoms with van der Waals surface area (Å²) < 4.78 is 0. The number of thioether (sulfide) groups is 1. The van der Waals surface area contributed by atoms with E-state index in [4.69, 9.17) is 5.11 Å². The van der Waals surface area contributed by atoms with E-state index in [1.807, 2.05) is 36.0 Å². The highest BCUT2D eigenvalue weighted by Gasteiger charge is 2.00. The summed E-state index contributed by atoms with van der Waals surface area (Å²) in [5, 5.41) is 8.60. The number of carboxylic acids is 1. The number of benzene rings is 1. The molecule has 82 valence electrons. The van der Waals surface area contributed by atoms with Gasteiger partial charge in [-0.25, -0.2) is 0 Å². The molecule has 1 N–H and O–H groups in total. The molecule has 1 aromatic rings. The highest BCUT2D eigenvalue weighted by molar-refractivity contribution is 7.99. The summed E-state index contributed by atoms with van der Waals surface area (Å²) in [6, 6.07) is 7.78. The van der Waals surface area contributed by atoms with Gasteiger partial charge in [-0.05, 0) is 29.9 Å². The Morgan fingerprint density at radius 2 is 2.00 bits per heavy atom. The molecular formula is C12H16O2S. The predicted octanol–water partition coefficient (Wildman–Crippen LogP) is 3.21. The van der Waals surface area contributed by atoms with Crippen LogP contribution in [0.5, 0.6) is 0 Å². The van der Waals surface area contributed by atoms with Gasteiger partial charge in [-0.3, -0.25) is 4.79 Å². The standard InChI is InChI=1S/C12H16O2S/c1-2-3-8-15-11-6-4-10(5-7-11)9-12(13)14/h4-7H,2-3,8-9H2,1H3,(H,13,14). The quantitative estimate of drug-likeness (QED) is 0.595. The van der Waals surface area contributed by atoms with Crippen LogP contribution in [0.25, 0.3) is 0 Å². The maximum Gasteiger partial charge on any atom is 0.307 e. The van der Waals surface area contributed by atoms with E-state index in [-0.39, 0.29) is 6.42 Å². The lowest BCUT2D eigenvalue weighted by Crippen LogP contribution is -1.99. The van der Waals surface area contributed by atoms with Gasteiger partial charge in [0.1, 0.15) is 0 Å². The molecule has 0 atom stereocenters. The van der Waals surface area contributed by atoms with Crippen LogP contribution in [-0.4, -0.2) is 16.8 Å². The molecule has 1 rings (SSSR count). The van der Waals surface area contributed by atoms with Crippen LogP contribution < -0.4 is 0 Å². The zero-order valence-corrected chi connectivity index (χ0v) is 9.72. The van der Waals surface area contributed by atoms with Crippen molar-refractivity contribution in [1.82, 2.24) is 0 Å². The van der Waals surface area contributed by atoms with E-state index in [1.54, 1.807) is 0 Å². The third-order valence-corrected chi connectivity index (χ3v) is 3.14. The molecule has 0 saturated heterocycles. The third-order valence-electron chi connectivity index (χ3n) is 2.05. The number of hydrogen-bond donors (Lipinski definition) is 1. The molecule has 0 fully saturated rings. The topological polar surface area (TPSA) is 37.3 Å². The number of carbonyl (C=O) groups is 1. The Morgan fingerprint density at radius 1 is 1.33 bits per heavy atom. The molecule has 0 amide bonds. The van der Waals surface area contributed by atoms with Gasteiger partial charge >= 0.3 is 5.97 Å². The molecule has 0 radical (unpaired) electrons.